The lowest BCUT2D eigenvalue weighted by Crippen LogP contribution is -2.23. The van der Waals surface area contributed by atoms with Crippen LogP contribution in [0.1, 0.15) is 21.6 Å². The highest BCUT2D eigenvalue weighted by atomic mass is 19.1. The standard InChI is InChI=1S/C14H13FN2O/c1-10-6-7-12(9-16-10)14(18)17-8-11-4-2-3-5-13(11)15/h2-7,9H,8H2,1H3,(H,17,18). The number of benzene rings is 1. The summed E-state index contributed by atoms with van der Waals surface area (Å²) in [5.41, 5.74) is 1.78. The first-order valence-corrected chi connectivity index (χ1v) is 5.61. The molecule has 2 aromatic rings. The van der Waals surface area contributed by atoms with E-state index in [1.54, 1.807) is 30.3 Å². The first-order valence-electron chi connectivity index (χ1n) is 5.61. The van der Waals surface area contributed by atoms with E-state index >= 15 is 0 Å². The molecule has 0 radical (unpaired) electrons. The summed E-state index contributed by atoms with van der Waals surface area (Å²) in [5, 5.41) is 2.66. The monoisotopic (exact) mass is 244 g/mol. The summed E-state index contributed by atoms with van der Waals surface area (Å²) in [6.45, 7) is 2.01. The molecule has 0 unspecified atom stereocenters. The maximum absolute atomic E-state index is 13.3. The number of carbonyl (C=O) groups excluding carboxylic acids is 1. The van der Waals surface area contributed by atoms with E-state index < -0.39 is 0 Å². The number of pyridine rings is 1. The van der Waals surface area contributed by atoms with Crippen molar-refractivity contribution in [3.63, 3.8) is 0 Å². The molecular formula is C14H13FN2O. The number of aromatic nitrogens is 1. The first kappa shape index (κ1) is 12.2. The third kappa shape index (κ3) is 2.91. The Morgan fingerprint density at radius 2 is 2.06 bits per heavy atom. The molecule has 0 aliphatic rings. The minimum atomic E-state index is -0.320. The third-order valence-electron chi connectivity index (χ3n) is 2.57. The molecule has 0 atom stereocenters. The zero-order chi connectivity index (χ0) is 13.0. The number of carbonyl (C=O) groups is 1. The molecule has 0 aliphatic carbocycles. The van der Waals surface area contributed by atoms with Gasteiger partial charge in [-0.15, -0.1) is 0 Å². The predicted molar refractivity (Wildman–Crippen MR) is 66.5 cm³/mol. The fraction of sp³-hybridized carbons (Fsp3) is 0.143. The van der Waals surface area contributed by atoms with Crippen LogP contribution in [0.25, 0.3) is 0 Å². The molecule has 92 valence electrons. The lowest BCUT2D eigenvalue weighted by Gasteiger charge is -2.06. The maximum atomic E-state index is 13.3. The van der Waals surface area contributed by atoms with Gasteiger partial charge >= 0.3 is 0 Å². The second kappa shape index (κ2) is 5.40. The number of amides is 1. The van der Waals surface area contributed by atoms with E-state index in [2.05, 4.69) is 10.3 Å². The van der Waals surface area contributed by atoms with Gasteiger partial charge in [0.15, 0.2) is 0 Å². The van der Waals surface area contributed by atoms with Crippen LogP contribution in [-0.4, -0.2) is 10.9 Å². The normalized spacial score (nSPS) is 10.1. The Morgan fingerprint density at radius 1 is 1.28 bits per heavy atom. The van der Waals surface area contributed by atoms with E-state index in [4.69, 9.17) is 0 Å². The molecule has 1 amide bonds. The average molecular weight is 244 g/mol. The fourth-order valence-corrected chi connectivity index (χ4v) is 1.52. The third-order valence-corrected chi connectivity index (χ3v) is 2.57. The molecule has 1 aromatic carbocycles. The quantitative estimate of drug-likeness (QED) is 0.901. The van der Waals surface area contributed by atoms with E-state index in [-0.39, 0.29) is 18.3 Å². The van der Waals surface area contributed by atoms with Crippen LogP contribution in [-0.2, 0) is 6.54 Å². The van der Waals surface area contributed by atoms with E-state index in [1.165, 1.54) is 12.3 Å². The molecular weight excluding hydrogens is 231 g/mol. The van der Waals surface area contributed by atoms with Gasteiger partial charge in [-0.25, -0.2) is 4.39 Å². The van der Waals surface area contributed by atoms with Gasteiger partial charge in [0.1, 0.15) is 5.82 Å². The van der Waals surface area contributed by atoms with Crippen molar-refractivity contribution >= 4 is 5.91 Å². The summed E-state index contributed by atoms with van der Waals surface area (Å²) < 4.78 is 13.3. The van der Waals surface area contributed by atoms with Crippen LogP contribution in [0.3, 0.4) is 0 Å². The zero-order valence-electron chi connectivity index (χ0n) is 9.98. The Morgan fingerprint density at radius 3 is 2.72 bits per heavy atom. The van der Waals surface area contributed by atoms with E-state index in [0.29, 0.717) is 11.1 Å². The van der Waals surface area contributed by atoms with Crippen LogP contribution >= 0.6 is 0 Å². The Hall–Kier alpha value is -2.23. The minimum Gasteiger partial charge on any atom is -0.348 e. The largest absolute Gasteiger partial charge is 0.348 e. The summed E-state index contributed by atoms with van der Waals surface area (Å²) in [5.74, 6) is -0.578. The average Bonchev–Trinajstić information content (AvgIpc) is 2.38. The molecule has 4 heteroatoms. The van der Waals surface area contributed by atoms with Crippen LogP contribution in [0.4, 0.5) is 4.39 Å². The van der Waals surface area contributed by atoms with Gasteiger partial charge in [-0.3, -0.25) is 9.78 Å². The van der Waals surface area contributed by atoms with Crippen molar-refractivity contribution in [2.75, 3.05) is 0 Å². The number of hydrogen-bond donors (Lipinski definition) is 1. The van der Waals surface area contributed by atoms with Crippen LogP contribution in [0.2, 0.25) is 0 Å². The highest BCUT2D eigenvalue weighted by Crippen LogP contribution is 2.06. The molecule has 0 bridgehead atoms. The van der Waals surface area contributed by atoms with Crippen molar-refractivity contribution in [1.82, 2.24) is 10.3 Å². The van der Waals surface area contributed by atoms with Gasteiger partial charge < -0.3 is 5.32 Å². The van der Waals surface area contributed by atoms with Crippen LogP contribution in [0.5, 0.6) is 0 Å². The lowest BCUT2D eigenvalue weighted by molar-refractivity contribution is 0.0950. The summed E-state index contributed by atoms with van der Waals surface area (Å²) in [4.78, 5) is 15.8. The molecule has 0 spiro atoms. The molecule has 2 rings (SSSR count). The molecule has 0 saturated heterocycles. The number of halogens is 1. The number of nitrogens with one attached hydrogen (secondary N) is 1. The summed E-state index contributed by atoms with van der Waals surface area (Å²) >= 11 is 0. The van der Waals surface area contributed by atoms with Gasteiger partial charge in [-0.1, -0.05) is 18.2 Å². The number of hydrogen-bond acceptors (Lipinski definition) is 2. The highest BCUT2D eigenvalue weighted by molar-refractivity contribution is 5.93. The molecule has 0 aliphatic heterocycles. The number of nitrogens with zero attached hydrogens (tertiary/aromatic N) is 1. The van der Waals surface area contributed by atoms with Crippen molar-refractivity contribution in [2.45, 2.75) is 13.5 Å². The summed E-state index contributed by atoms with van der Waals surface area (Å²) in [7, 11) is 0. The van der Waals surface area contributed by atoms with E-state index in [9.17, 15) is 9.18 Å². The molecule has 18 heavy (non-hydrogen) atoms. The van der Waals surface area contributed by atoms with Crippen molar-refractivity contribution in [3.05, 3.63) is 65.2 Å². The van der Waals surface area contributed by atoms with Crippen molar-refractivity contribution < 1.29 is 9.18 Å². The van der Waals surface area contributed by atoms with Crippen LogP contribution in [0, 0.1) is 12.7 Å². The highest BCUT2D eigenvalue weighted by Gasteiger charge is 2.06. The van der Waals surface area contributed by atoms with Gasteiger partial charge in [0, 0.05) is 24.0 Å². The Bertz CT molecular complexity index is 552. The van der Waals surface area contributed by atoms with Crippen molar-refractivity contribution in [2.24, 2.45) is 0 Å². The van der Waals surface area contributed by atoms with Crippen LogP contribution < -0.4 is 5.32 Å². The van der Waals surface area contributed by atoms with Gasteiger partial charge in [0.25, 0.3) is 5.91 Å². The van der Waals surface area contributed by atoms with E-state index in [1.807, 2.05) is 6.92 Å². The van der Waals surface area contributed by atoms with Crippen LogP contribution in [0.15, 0.2) is 42.6 Å². The topological polar surface area (TPSA) is 42.0 Å². The lowest BCUT2D eigenvalue weighted by atomic mass is 10.2. The van der Waals surface area contributed by atoms with Gasteiger partial charge in [-0.2, -0.15) is 0 Å². The van der Waals surface area contributed by atoms with Gasteiger partial charge in [0.2, 0.25) is 0 Å². The molecule has 0 fully saturated rings. The minimum absolute atomic E-state index is 0.166. The summed E-state index contributed by atoms with van der Waals surface area (Å²) in [6.07, 6.45) is 1.51. The molecule has 3 nitrogen and oxygen atoms in total. The molecule has 1 aromatic heterocycles. The summed E-state index contributed by atoms with van der Waals surface area (Å²) in [6, 6.07) is 9.82. The van der Waals surface area contributed by atoms with Crippen molar-refractivity contribution in [3.8, 4) is 0 Å². The van der Waals surface area contributed by atoms with Gasteiger partial charge in [-0.05, 0) is 25.1 Å². The number of rotatable bonds is 3. The second-order valence-corrected chi connectivity index (χ2v) is 3.96. The van der Waals surface area contributed by atoms with Crippen molar-refractivity contribution in [1.29, 1.82) is 0 Å². The molecule has 0 saturated carbocycles. The maximum Gasteiger partial charge on any atom is 0.253 e. The molecule has 1 N–H and O–H groups in total. The zero-order valence-corrected chi connectivity index (χ0v) is 9.98. The first-order chi connectivity index (χ1) is 8.66. The Labute approximate surface area is 105 Å². The SMILES string of the molecule is Cc1ccc(C(=O)NCc2ccccc2F)cn1. The Kier molecular flexibility index (Phi) is 3.67. The molecule has 1 heterocycles. The Balaban J connectivity index is 2.01. The number of aryl methyl sites for hydroxylation is 1. The van der Waals surface area contributed by atoms with E-state index in [0.717, 1.165) is 5.69 Å². The second-order valence-electron chi connectivity index (χ2n) is 3.96. The van der Waals surface area contributed by atoms with Gasteiger partial charge in [0.05, 0.1) is 5.56 Å². The fourth-order valence-electron chi connectivity index (χ4n) is 1.52. The predicted octanol–water partition coefficient (Wildman–Crippen LogP) is 2.46. The smallest absolute Gasteiger partial charge is 0.253 e.